The molecule has 0 amide bonds. The molecular formula is C23H28O6. The van der Waals surface area contributed by atoms with Crippen molar-refractivity contribution in [1.29, 1.82) is 0 Å². The molecule has 2 aromatic rings. The fourth-order valence-corrected chi connectivity index (χ4v) is 3.43. The van der Waals surface area contributed by atoms with Crippen LogP contribution in [0.1, 0.15) is 55.0 Å². The number of esters is 1. The zero-order valence-corrected chi connectivity index (χ0v) is 17.6. The number of methoxy groups -OCH3 is 2. The molecule has 0 N–H and O–H groups in total. The number of rotatable bonds is 6. The van der Waals surface area contributed by atoms with Crippen molar-refractivity contribution in [2.24, 2.45) is 0 Å². The molecule has 1 heterocycles. The molecule has 2 atom stereocenters. The van der Waals surface area contributed by atoms with E-state index >= 15 is 0 Å². The first-order chi connectivity index (χ1) is 13.8. The fraction of sp³-hybridized carbons (Fsp3) is 0.435. The minimum atomic E-state index is -0.442. The second kappa shape index (κ2) is 8.84. The van der Waals surface area contributed by atoms with Crippen molar-refractivity contribution in [2.75, 3.05) is 14.2 Å². The van der Waals surface area contributed by atoms with Crippen molar-refractivity contribution >= 4 is 5.97 Å². The maximum Gasteiger partial charge on any atom is 0.337 e. The van der Waals surface area contributed by atoms with Gasteiger partial charge in [0.05, 0.1) is 31.5 Å². The average Bonchev–Trinajstić information content (AvgIpc) is 2.70. The number of carbonyl (C=O) groups excluding carboxylic acids is 1. The lowest BCUT2D eigenvalue weighted by Crippen LogP contribution is -2.38. The van der Waals surface area contributed by atoms with E-state index in [1.807, 2.05) is 30.3 Å². The van der Waals surface area contributed by atoms with Crippen LogP contribution in [0.3, 0.4) is 0 Å². The summed E-state index contributed by atoms with van der Waals surface area (Å²) in [4.78, 5) is 11.5. The van der Waals surface area contributed by atoms with Crippen LogP contribution in [0.5, 0.6) is 11.5 Å². The van der Waals surface area contributed by atoms with E-state index in [0.717, 1.165) is 17.5 Å². The Morgan fingerprint density at radius 1 is 1.10 bits per heavy atom. The van der Waals surface area contributed by atoms with E-state index in [-0.39, 0.29) is 17.7 Å². The zero-order chi connectivity index (χ0) is 21.0. The highest BCUT2D eigenvalue weighted by atomic mass is 16.7. The zero-order valence-electron chi connectivity index (χ0n) is 17.6. The van der Waals surface area contributed by atoms with Crippen LogP contribution < -0.4 is 9.47 Å². The number of carbonyl (C=O) groups is 1. The molecule has 1 fully saturated rings. The Morgan fingerprint density at radius 2 is 1.83 bits per heavy atom. The Hall–Kier alpha value is -2.57. The van der Waals surface area contributed by atoms with Crippen LogP contribution in [-0.2, 0) is 20.8 Å². The summed E-state index contributed by atoms with van der Waals surface area (Å²) in [7, 11) is 2.96. The second-order valence-corrected chi connectivity index (χ2v) is 7.75. The minimum absolute atomic E-state index is 0.110. The molecule has 0 aliphatic carbocycles. The topological polar surface area (TPSA) is 63.2 Å². The molecule has 1 saturated heterocycles. The normalized spacial score (nSPS) is 20.7. The molecule has 29 heavy (non-hydrogen) atoms. The molecule has 0 unspecified atom stereocenters. The summed E-state index contributed by atoms with van der Waals surface area (Å²) < 4.78 is 28.2. The predicted octanol–water partition coefficient (Wildman–Crippen LogP) is 4.66. The van der Waals surface area contributed by atoms with E-state index < -0.39 is 6.29 Å². The summed E-state index contributed by atoms with van der Waals surface area (Å²) in [6, 6.07) is 12.8. The molecule has 1 aliphatic heterocycles. The van der Waals surface area contributed by atoms with Gasteiger partial charge in [-0.3, -0.25) is 0 Å². The number of hydrogen-bond donors (Lipinski definition) is 0. The highest BCUT2D eigenvalue weighted by Crippen LogP contribution is 2.38. The number of hydrogen-bond acceptors (Lipinski definition) is 6. The summed E-state index contributed by atoms with van der Waals surface area (Å²) in [5.74, 6) is 0.868. The quantitative estimate of drug-likeness (QED) is 0.657. The van der Waals surface area contributed by atoms with Crippen molar-refractivity contribution in [2.45, 2.75) is 51.8 Å². The van der Waals surface area contributed by atoms with Crippen LogP contribution in [0.4, 0.5) is 0 Å². The van der Waals surface area contributed by atoms with Crippen molar-refractivity contribution in [3.63, 3.8) is 0 Å². The van der Waals surface area contributed by atoms with Gasteiger partial charge in [0.25, 0.3) is 0 Å². The van der Waals surface area contributed by atoms with Crippen LogP contribution in [0.25, 0.3) is 0 Å². The van der Waals surface area contributed by atoms with Crippen molar-refractivity contribution < 1.29 is 28.5 Å². The lowest BCUT2D eigenvalue weighted by Gasteiger charge is -2.39. The second-order valence-electron chi connectivity index (χ2n) is 7.75. The molecule has 1 aliphatic rings. The van der Waals surface area contributed by atoms with E-state index in [0.29, 0.717) is 23.7 Å². The van der Waals surface area contributed by atoms with Gasteiger partial charge >= 0.3 is 5.97 Å². The standard InChI is InChI=1S/C23H28O6/c1-15-13-23(2,3)29-22(28-15)18-10-11-19(20(12-18)25-4)27-14-16-6-8-17(9-7-16)21(24)26-5/h6-12,15,22H,13-14H2,1-5H3/t15-,22+/m0/s1. The third-order valence-corrected chi connectivity index (χ3v) is 4.79. The summed E-state index contributed by atoms with van der Waals surface area (Å²) in [5, 5.41) is 0. The van der Waals surface area contributed by atoms with Crippen LogP contribution in [0.15, 0.2) is 42.5 Å². The Labute approximate surface area is 171 Å². The maximum absolute atomic E-state index is 11.5. The molecule has 0 aromatic heterocycles. The maximum atomic E-state index is 11.5. The van der Waals surface area contributed by atoms with Crippen LogP contribution >= 0.6 is 0 Å². The summed E-state index contributed by atoms with van der Waals surface area (Å²) in [5.41, 5.74) is 2.07. The van der Waals surface area contributed by atoms with E-state index in [1.54, 1.807) is 19.2 Å². The van der Waals surface area contributed by atoms with Crippen molar-refractivity contribution in [3.05, 3.63) is 59.2 Å². The lowest BCUT2D eigenvalue weighted by molar-refractivity contribution is -0.273. The third kappa shape index (κ3) is 5.28. The molecule has 6 heteroatoms. The van der Waals surface area contributed by atoms with Gasteiger partial charge in [-0.25, -0.2) is 4.79 Å². The van der Waals surface area contributed by atoms with E-state index in [2.05, 4.69) is 20.8 Å². The SMILES string of the molecule is COC(=O)c1ccc(COc2ccc([C@@H]3O[C@@H](C)CC(C)(C)O3)cc2OC)cc1. The van der Waals surface area contributed by atoms with Crippen LogP contribution in [0, 0.1) is 0 Å². The summed E-state index contributed by atoms with van der Waals surface area (Å²) in [6.07, 6.45) is 0.512. The van der Waals surface area contributed by atoms with Crippen LogP contribution in [0.2, 0.25) is 0 Å². The molecule has 0 saturated carbocycles. The molecule has 0 radical (unpaired) electrons. The van der Waals surface area contributed by atoms with E-state index in [1.165, 1.54) is 7.11 Å². The third-order valence-electron chi connectivity index (χ3n) is 4.79. The molecule has 6 nitrogen and oxygen atoms in total. The molecular weight excluding hydrogens is 372 g/mol. The van der Waals surface area contributed by atoms with Gasteiger partial charge in [-0.15, -0.1) is 0 Å². The Kier molecular flexibility index (Phi) is 6.45. The number of ether oxygens (including phenoxy) is 5. The summed E-state index contributed by atoms with van der Waals surface area (Å²) in [6.45, 7) is 6.54. The highest BCUT2D eigenvalue weighted by molar-refractivity contribution is 5.89. The van der Waals surface area contributed by atoms with Gasteiger partial charge in [0, 0.05) is 12.0 Å². The van der Waals surface area contributed by atoms with Gasteiger partial charge in [0.1, 0.15) is 6.61 Å². The first-order valence-electron chi connectivity index (χ1n) is 9.62. The van der Waals surface area contributed by atoms with Gasteiger partial charge in [0.2, 0.25) is 0 Å². The van der Waals surface area contributed by atoms with E-state index in [9.17, 15) is 4.79 Å². The Balaban J connectivity index is 1.70. The van der Waals surface area contributed by atoms with Gasteiger partial charge in [-0.05, 0) is 50.6 Å². The van der Waals surface area contributed by atoms with Crippen LogP contribution in [-0.4, -0.2) is 31.9 Å². The van der Waals surface area contributed by atoms with Crippen molar-refractivity contribution in [1.82, 2.24) is 0 Å². The van der Waals surface area contributed by atoms with Gasteiger partial charge in [0.15, 0.2) is 17.8 Å². The van der Waals surface area contributed by atoms with Gasteiger partial charge in [-0.1, -0.05) is 18.2 Å². The van der Waals surface area contributed by atoms with Crippen molar-refractivity contribution in [3.8, 4) is 11.5 Å². The van der Waals surface area contributed by atoms with Gasteiger partial charge < -0.3 is 23.7 Å². The van der Waals surface area contributed by atoms with Gasteiger partial charge in [-0.2, -0.15) is 0 Å². The van der Waals surface area contributed by atoms with E-state index in [4.69, 9.17) is 23.7 Å². The Bertz CT molecular complexity index is 843. The summed E-state index contributed by atoms with van der Waals surface area (Å²) >= 11 is 0. The highest BCUT2D eigenvalue weighted by Gasteiger charge is 2.34. The molecule has 0 spiro atoms. The predicted molar refractivity (Wildman–Crippen MR) is 108 cm³/mol. The first-order valence-corrected chi connectivity index (χ1v) is 9.62. The molecule has 156 valence electrons. The molecule has 0 bridgehead atoms. The monoisotopic (exact) mass is 400 g/mol. The minimum Gasteiger partial charge on any atom is -0.493 e. The first kappa shape index (κ1) is 21.1. The number of benzene rings is 2. The smallest absolute Gasteiger partial charge is 0.337 e. The largest absolute Gasteiger partial charge is 0.493 e. The molecule has 3 rings (SSSR count). The lowest BCUT2D eigenvalue weighted by atomic mass is 9.99. The average molecular weight is 400 g/mol. The molecule has 2 aromatic carbocycles. The Morgan fingerprint density at radius 3 is 2.45 bits per heavy atom. The fourth-order valence-electron chi connectivity index (χ4n) is 3.43.